The number of imide groups is 1. The minimum atomic E-state index is -1.06. The summed E-state index contributed by atoms with van der Waals surface area (Å²) in [5, 5.41) is 24.3. The lowest BCUT2D eigenvalue weighted by Gasteiger charge is -2.36. The lowest BCUT2D eigenvalue weighted by molar-refractivity contribution is -0.136. The van der Waals surface area contributed by atoms with E-state index in [-0.39, 0.29) is 41.6 Å². The largest absolute Gasteiger partial charge is 0.504 e. The van der Waals surface area contributed by atoms with Crippen LogP contribution >= 0.6 is 0 Å². The van der Waals surface area contributed by atoms with Crippen molar-refractivity contribution in [3.63, 3.8) is 0 Å². The van der Waals surface area contributed by atoms with Gasteiger partial charge in [-0.25, -0.2) is 8.78 Å². The molecular weight excluding hydrogens is 710 g/mol. The standard InChI is InChI=1S/C40H40F2N8O5/c1-22-12-28(55-29-15-27-18-43-38-35(49(27)21-29)17-33(45-46-38)31-13-25(41)14-32(42)37(31)52)5-3-23(22)19-47-8-10-48(11-9-47)26-4-2-24-20-50(40(54)30(24)16-26)34-6-7-36(51)44-39(34)53/h2-5,12-14,16-17,27,29,34,52H,6-11,15,18-21H2,1H3,(H,43,46)(H,44,51,53)/t27-,29-,34?/m1/s1. The number of hydrogen-bond donors (Lipinski definition) is 3. The van der Waals surface area contributed by atoms with Crippen LogP contribution in [0.3, 0.4) is 0 Å². The van der Waals surface area contributed by atoms with Crippen LogP contribution in [0.1, 0.15) is 46.3 Å². The average molecular weight is 751 g/mol. The van der Waals surface area contributed by atoms with Crippen molar-refractivity contribution in [1.82, 2.24) is 25.3 Å². The van der Waals surface area contributed by atoms with Crippen LogP contribution in [0.15, 0.2) is 54.6 Å². The van der Waals surface area contributed by atoms with E-state index in [4.69, 9.17) is 4.74 Å². The molecule has 284 valence electrons. The number of aromatic nitrogens is 2. The summed E-state index contributed by atoms with van der Waals surface area (Å²) >= 11 is 0. The molecule has 3 atom stereocenters. The number of ether oxygens (including phenoxy) is 1. The number of amides is 3. The molecule has 13 nitrogen and oxygen atoms in total. The van der Waals surface area contributed by atoms with Gasteiger partial charge in [-0.15, -0.1) is 10.2 Å². The third-order valence-electron chi connectivity index (χ3n) is 11.5. The van der Waals surface area contributed by atoms with Gasteiger partial charge in [0.15, 0.2) is 17.4 Å². The van der Waals surface area contributed by atoms with Gasteiger partial charge in [0.2, 0.25) is 11.8 Å². The smallest absolute Gasteiger partial charge is 0.255 e. The summed E-state index contributed by atoms with van der Waals surface area (Å²) in [5.41, 5.74) is 5.74. The average Bonchev–Trinajstić information content (AvgIpc) is 3.74. The molecule has 0 spiro atoms. The Morgan fingerprint density at radius 2 is 1.78 bits per heavy atom. The van der Waals surface area contributed by atoms with Gasteiger partial charge in [0.05, 0.1) is 24.0 Å². The number of carbonyl (C=O) groups excluding carboxylic acids is 3. The number of halogens is 2. The van der Waals surface area contributed by atoms with E-state index >= 15 is 0 Å². The van der Waals surface area contributed by atoms with E-state index in [2.05, 4.69) is 60.7 Å². The quantitative estimate of drug-likeness (QED) is 0.236. The number of aryl methyl sites for hydroxylation is 1. The van der Waals surface area contributed by atoms with Crippen molar-refractivity contribution in [3.8, 4) is 22.8 Å². The Morgan fingerprint density at radius 1 is 0.945 bits per heavy atom. The zero-order valence-electron chi connectivity index (χ0n) is 30.2. The van der Waals surface area contributed by atoms with Crippen LogP contribution in [0.5, 0.6) is 11.5 Å². The molecule has 55 heavy (non-hydrogen) atoms. The summed E-state index contributed by atoms with van der Waals surface area (Å²) in [6, 6.07) is 15.1. The number of phenols is 1. The topological polar surface area (TPSA) is 143 Å². The van der Waals surface area contributed by atoms with Crippen molar-refractivity contribution in [2.24, 2.45) is 0 Å². The Labute approximate surface area is 315 Å². The Morgan fingerprint density at radius 3 is 2.58 bits per heavy atom. The second-order valence-corrected chi connectivity index (χ2v) is 15.0. The number of fused-ring (bicyclic) bond motifs is 4. The SMILES string of the molecule is Cc1cc(O[C@@H]2C[C@@H]3CNc4nnc(-c5cc(F)cc(F)c5O)cc4N3C2)ccc1CN1CCN(c2ccc3c(c2)C(=O)N(C2CCC(=O)NC2=O)C3)CC1. The van der Waals surface area contributed by atoms with E-state index in [1.54, 1.807) is 11.0 Å². The number of piperazine rings is 1. The number of rotatable bonds is 7. The monoisotopic (exact) mass is 750 g/mol. The highest BCUT2D eigenvalue weighted by molar-refractivity contribution is 6.05. The highest BCUT2D eigenvalue weighted by Crippen LogP contribution is 2.40. The van der Waals surface area contributed by atoms with Crippen molar-refractivity contribution in [2.45, 2.75) is 57.5 Å². The van der Waals surface area contributed by atoms with Crippen molar-refractivity contribution >= 4 is 34.9 Å². The Bertz CT molecular complexity index is 2230. The second-order valence-electron chi connectivity index (χ2n) is 15.0. The zero-order chi connectivity index (χ0) is 38.0. The maximum absolute atomic E-state index is 14.1. The van der Waals surface area contributed by atoms with E-state index in [1.165, 1.54) is 5.56 Å². The van der Waals surface area contributed by atoms with Crippen LogP contribution < -0.4 is 25.2 Å². The van der Waals surface area contributed by atoms with Crippen LogP contribution in [-0.4, -0.2) is 100 Å². The van der Waals surface area contributed by atoms with Gasteiger partial charge in [-0.05, 0) is 66.4 Å². The molecule has 3 aromatic carbocycles. The number of anilines is 3. The van der Waals surface area contributed by atoms with Gasteiger partial charge in [0.25, 0.3) is 5.91 Å². The number of phenolic OH excluding ortho intramolecular Hbond substituents is 1. The molecule has 3 amide bonds. The number of piperidine rings is 1. The predicted octanol–water partition coefficient (Wildman–Crippen LogP) is 3.97. The van der Waals surface area contributed by atoms with Gasteiger partial charge in [0, 0.05) is 81.5 Å². The third kappa shape index (κ3) is 6.55. The highest BCUT2D eigenvalue weighted by atomic mass is 19.1. The van der Waals surface area contributed by atoms with E-state index in [0.29, 0.717) is 43.5 Å². The van der Waals surface area contributed by atoms with Crippen LogP contribution in [0, 0.1) is 18.6 Å². The minimum absolute atomic E-state index is 0.0577. The van der Waals surface area contributed by atoms with Gasteiger partial charge in [-0.3, -0.25) is 24.6 Å². The lowest BCUT2D eigenvalue weighted by atomic mass is 10.0. The molecule has 3 fully saturated rings. The molecule has 6 heterocycles. The molecule has 1 aromatic heterocycles. The summed E-state index contributed by atoms with van der Waals surface area (Å²) < 4.78 is 34.6. The van der Waals surface area contributed by atoms with Crippen LogP contribution in [0.25, 0.3) is 11.3 Å². The molecule has 5 aliphatic rings. The summed E-state index contributed by atoms with van der Waals surface area (Å²) in [5.74, 6) is -2.04. The van der Waals surface area contributed by atoms with Crippen LogP contribution in [0.2, 0.25) is 0 Å². The maximum Gasteiger partial charge on any atom is 0.255 e. The Balaban J connectivity index is 0.800. The molecule has 15 heteroatoms. The Kier molecular flexibility index (Phi) is 8.75. The predicted molar refractivity (Wildman–Crippen MR) is 199 cm³/mol. The summed E-state index contributed by atoms with van der Waals surface area (Å²) in [4.78, 5) is 45.9. The summed E-state index contributed by atoms with van der Waals surface area (Å²) in [6.07, 6.45) is 1.25. The molecule has 0 radical (unpaired) electrons. The first-order valence-electron chi connectivity index (χ1n) is 18.7. The Hall–Kier alpha value is -5.83. The van der Waals surface area contributed by atoms with E-state index in [1.807, 2.05) is 18.2 Å². The molecule has 0 aliphatic carbocycles. The van der Waals surface area contributed by atoms with Gasteiger partial charge in [-0.2, -0.15) is 0 Å². The number of nitrogens with one attached hydrogen (secondary N) is 2. The van der Waals surface area contributed by atoms with Gasteiger partial charge < -0.3 is 29.9 Å². The van der Waals surface area contributed by atoms with Crippen molar-refractivity contribution in [1.29, 1.82) is 0 Å². The number of hydrogen-bond acceptors (Lipinski definition) is 11. The molecule has 0 bridgehead atoms. The maximum atomic E-state index is 14.1. The third-order valence-corrected chi connectivity index (χ3v) is 11.5. The fourth-order valence-electron chi connectivity index (χ4n) is 8.54. The zero-order valence-corrected chi connectivity index (χ0v) is 30.2. The van der Waals surface area contributed by atoms with Crippen LogP contribution in [-0.2, 0) is 22.7 Å². The number of nitrogens with zero attached hydrogens (tertiary/aromatic N) is 6. The highest BCUT2D eigenvalue weighted by Gasteiger charge is 2.40. The van der Waals surface area contributed by atoms with E-state index in [0.717, 1.165) is 73.5 Å². The molecular formula is C40H40F2N8O5. The summed E-state index contributed by atoms with van der Waals surface area (Å²) in [7, 11) is 0. The van der Waals surface area contributed by atoms with Crippen molar-refractivity contribution in [2.75, 3.05) is 54.4 Å². The molecule has 9 rings (SSSR count). The van der Waals surface area contributed by atoms with Gasteiger partial charge >= 0.3 is 0 Å². The van der Waals surface area contributed by atoms with Crippen molar-refractivity contribution < 1.29 is 33.0 Å². The fraction of sp³-hybridized carbons (Fsp3) is 0.375. The number of carbonyl (C=O) groups is 3. The first-order valence-corrected chi connectivity index (χ1v) is 18.7. The van der Waals surface area contributed by atoms with E-state index in [9.17, 15) is 28.3 Å². The number of benzene rings is 3. The fourth-order valence-corrected chi connectivity index (χ4v) is 8.54. The van der Waals surface area contributed by atoms with Crippen molar-refractivity contribution in [3.05, 3.63) is 88.5 Å². The van der Waals surface area contributed by atoms with Gasteiger partial charge in [0.1, 0.15) is 23.7 Å². The molecule has 4 aromatic rings. The normalized spacial score (nSPS) is 22.3. The molecule has 0 saturated carbocycles. The van der Waals surface area contributed by atoms with Gasteiger partial charge in [-0.1, -0.05) is 12.1 Å². The molecule has 5 aliphatic heterocycles. The molecule has 3 N–H and O–H groups in total. The first kappa shape index (κ1) is 34.9. The second kappa shape index (κ2) is 13.8. The lowest BCUT2D eigenvalue weighted by Crippen LogP contribution is -2.52. The molecule has 1 unspecified atom stereocenters. The van der Waals surface area contributed by atoms with Crippen LogP contribution in [0.4, 0.5) is 26.0 Å². The van der Waals surface area contributed by atoms with E-state index < -0.39 is 29.3 Å². The summed E-state index contributed by atoms with van der Waals surface area (Å²) in [6.45, 7) is 7.87. The first-order chi connectivity index (χ1) is 26.6. The number of aromatic hydroxyl groups is 1. The molecule has 3 saturated heterocycles. The minimum Gasteiger partial charge on any atom is -0.504 e.